The van der Waals surface area contributed by atoms with E-state index in [1.807, 2.05) is 0 Å². The molecule has 3 rings (SSSR count). The first-order valence-electron chi connectivity index (χ1n) is 8.95. The van der Waals surface area contributed by atoms with Crippen LogP contribution in [0.4, 0.5) is 39.5 Å². The van der Waals surface area contributed by atoms with Crippen LogP contribution in [-0.2, 0) is 29.4 Å². The molecule has 0 N–H and O–H groups in total. The SMILES string of the molecule is Cc1cc(C(F)(F)F)ccc1[S+](c1ccccc1)c1ccc(C(F)(F)F)cc1C(F)(F)F. The van der Waals surface area contributed by atoms with E-state index in [-0.39, 0.29) is 16.5 Å². The summed E-state index contributed by atoms with van der Waals surface area (Å²) in [5, 5.41) is 0. The molecule has 0 aliphatic carbocycles. The Bertz CT molecular complexity index is 1100. The maximum Gasteiger partial charge on any atom is 0.421 e. The van der Waals surface area contributed by atoms with Gasteiger partial charge in [-0.2, -0.15) is 39.5 Å². The molecule has 32 heavy (non-hydrogen) atoms. The van der Waals surface area contributed by atoms with Gasteiger partial charge < -0.3 is 0 Å². The minimum atomic E-state index is -5.11. The molecule has 3 aromatic rings. The standard InChI is InChI=1S/C22H14F9S/c1-13-11-14(20(23,24)25)7-9-18(13)32(16-5-3-2-4-6-16)19-10-8-15(21(26,27)28)12-17(19)22(29,30)31/h2-12H,1H3/q+1. The largest absolute Gasteiger partial charge is 0.421 e. The maximum atomic E-state index is 13.8. The molecule has 0 fully saturated rings. The zero-order valence-electron chi connectivity index (χ0n) is 16.2. The van der Waals surface area contributed by atoms with Crippen molar-refractivity contribution < 1.29 is 39.5 Å². The van der Waals surface area contributed by atoms with Gasteiger partial charge in [0, 0.05) is 5.56 Å². The summed E-state index contributed by atoms with van der Waals surface area (Å²) in [6.07, 6.45) is -14.8. The van der Waals surface area contributed by atoms with E-state index in [9.17, 15) is 39.5 Å². The highest BCUT2D eigenvalue weighted by Crippen LogP contribution is 2.44. The van der Waals surface area contributed by atoms with Crippen molar-refractivity contribution in [3.05, 3.63) is 89.0 Å². The summed E-state index contributed by atoms with van der Waals surface area (Å²) in [6, 6.07) is 11.6. The van der Waals surface area contributed by atoms with Crippen LogP contribution in [0, 0.1) is 6.92 Å². The van der Waals surface area contributed by atoms with E-state index in [4.69, 9.17) is 0 Å². The lowest BCUT2D eigenvalue weighted by Crippen LogP contribution is -2.18. The molecule has 0 bridgehead atoms. The van der Waals surface area contributed by atoms with Gasteiger partial charge in [-0.1, -0.05) is 18.2 Å². The second kappa shape index (κ2) is 8.38. The second-order valence-electron chi connectivity index (χ2n) is 6.80. The second-order valence-corrected chi connectivity index (χ2v) is 8.77. The summed E-state index contributed by atoms with van der Waals surface area (Å²) in [5.41, 5.74) is -3.85. The number of hydrogen-bond acceptors (Lipinski definition) is 0. The van der Waals surface area contributed by atoms with Gasteiger partial charge >= 0.3 is 18.5 Å². The van der Waals surface area contributed by atoms with Crippen LogP contribution in [0.15, 0.2) is 81.4 Å². The molecule has 10 heteroatoms. The lowest BCUT2D eigenvalue weighted by Gasteiger charge is -2.17. The molecular weight excluding hydrogens is 467 g/mol. The highest BCUT2D eigenvalue weighted by atomic mass is 32.2. The third kappa shape index (κ3) is 5.06. The van der Waals surface area contributed by atoms with Crippen LogP contribution in [0.1, 0.15) is 22.3 Å². The van der Waals surface area contributed by atoms with Crippen molar-refractivity contribution in [2.45, 2.75) is 40.1 Å². The van der Waals surface area contributed by atoms with Crippen LogP contribution in [0.5, 0.6) is 0 Å². The Hall–Kier alpha value is -2.62. The fraction of sp³-hybridized carbons (Fsp3) is 0.182. The average Bonchev–Trinajstić information content (AvgIpc) is 2.68. The Morgan fingerprint density at radius 2 is 1.06 bits per heavy atom. The van der Waals surface area contributed by atoms with Gasteiger partial charge in [0.25, 0.3) is 0 Å². The first kappa shape index (κ1) is 24.0. The van der Waals surface area contributed by atoms with Gasteiger partial charge in [-0.15, -0.1) is 0 Å². The van der Waals surface area contributed by atoms with Crippen molar-refractivity contribution in [2.24, 2.45) is 0 Å². The Morgan fingerprint density at radius 3 is 1.53 bits per heavy atom. The molecule has 0 radical (unpaired) electrons. The van der Waals surface area contributed by atoms with E-state index in [0.29, 0.717) is 11.0 Å². The summed E-state index contributed by atoms with van der Waals surface area (Å²) >= 11 is 0. The van der Waals surface area contributed by atoms with Crippen LogP contribution in [-0.4, -0.2) is 0 Å². The molecule has 0 aliphatic rings. The van der Waals surface area contributed by atoms with E-state index in [0.717, 1.165) is 24.3 Å². The lowest BCUT2D eigenvalue weighted by atomic mass is 10.1. The highest BCUT2D eigenvalue weighted by Gasteiger charge is 2.45. The normalized spacial score (nSPS) is 13.8. The Balaban J connectivity index is 2.30. The van der Waals surface area contributed by atoms with E-state index in [2.05, 4.69) is 0 Å². The molecule has 1 unspecified atom stereocenters. The van der Waals surface area contributed by atoms with E-state index in [1.54, 1.807) is 6.07 Å². The summed E-state index contributed by atoms with van der Waals surface area (Å²) in [6.45, 7) is 1.32. The molecule has 0 spiro atoms. The summed E-state index contributed by atoms with van der Waals surface area (Å²) < 4.78 is 120. The Labute approximate surface area is 180 Å². The molecule has 0 saturated heterocycles. The van der Waals surface area contributed by atoms with Crippen molar-refractivity contribution in [1.82, 2.24) is 0 Å². The number of halogens is 9. The van der Waals surface area contributed by atoms with E-state index >= 15 is 0 Å². The van der Waals surface area contributed by atoms with Gasteiger partial charge in [0.2, 0.25) is 0 Å². The fourth-order valence-corrected chi connectivity index (χ4v) is 5.45. The maximum absolute atomic E-state index is 13.8. The molecule has 0 aliphatic heterocycles. The minimum absolute atomic E-state index is 0.0394. The van der Waals surface area contributed by atoms with Gasteiger partial charge in [0.05, 0.1) is 11.1 Å². The first-order valence-corrected chi connectivity index (χ1v) is 10.2. The highest BCUT2D eigenvalue weighted by molar-refractivity contribution is 7.97. The van der Waals surface area contributed by atoms with Crippen molar-refractivity contribution >= 4 is 10.9 Å². The molecule has 3 aromatic carbocycles. The van der Waals surface area contributed by atoms with Gasteiger partial charge in [0.15, 0.2) is 14.7 Å². The van der Waals surface area contributed by atoms with Crippen LogP contribution in [0.3, 0.4) is 0 Å². The van der Waals surface area contributed by atoms with Crippen molar-refractivity contribution in [1.29, 1.82) is 0 Å². The van der Waals surface area contributed by atoms with Gasteiger partial charge in [-0.3, -0.25) is 0 Å². The lowest BCUT2D eigenvalue weighted by molar-refractivity contribution is -0.144. The Morgan fingerprint density at radius 1 is 0.562 bits per heavy atom. The fourth-order valence-electron chi connectivity index (χ4n) is 3.09. The van der Waals surface area contributed by atoms with Crippen LogP contribution >= 0.6 is 0 Å². The zero-order valence-corrected chi connectivity index (χ0v) is 17.0. The smallest absolute Gasteiger partial charge is 0.166 e. The predicted molar refractivity (Wildman–Crippen MR) is 101 cm³/mol. The molecule has 0 amide bonds. The van der Waals surface area contributed by atoms with Gasteiger partial charge in [0.1, 0.15) is 16.5 Å². The number of rotatable bonds is 3. The van der Waals surface area contributed by atoms with Gasteiger partial charge in [-0.25, -0.2) is 0 Å². The summed E-state index contributed by atoms with van der Waals surface area (Å²) in [4.78, 5) is 0.00892. The topological polar surface area (TPSA) is 0 Å². The van der Waals surface area contributed by atoms with E-state index < -0.39 is 51.0 Å². The molecule has 0 aromatic heterocycles. The quantitative estimate of drug-likeness (QED) is 0.262. The first-order chi connectivity index (χ1) is 14.7. The van der Waals surface area contributed by atoms with Crippen molar-refractivity contribution in [3.63, 3.8) is 0 Å². The number of hydrogen-bond donors (Lipinski definition) is 0. The Kier molecular flexibility index (Phi) is 6.29. The monoisotopic (exact) mass is 481 g/mol. The third-order valence-corrected chi connectivity index (χ3v) is 6.97. The average molecular weight is 481 g/mol. The van der Waals surface area contributed by atoms with Crippen LogP contribution in [0.2, 0.25) is 0 Å². The van der Waals surface area contributed by atoms with Gasteiger partial charge in [-0.05, 0) is 55.5 Å². The molecule has 0 heterocycles. The molecular formula is C22H14F9S+. The van der Waals surface area contributed by atoms with Crippen LogP contribution in [0.25, 0.3) is 0 Å². The predicted octanol–water partition coefficient (Wildman–Crippen LogP) is 8.15. The third-order valence-electron chi connectivity index (χ3n) is 4.53. The molecule has 0 saturated carbocycles. The molecule has 170 valence electrons. The minimum Gasteiger partial charge on any atom is -0.166 e. The molecule has 1 atom stereocenters. The number of alkyl halides is 9. The summed E-state index contributed by atoms with van der Waals surface area (Å²) in [5.74, 6) is 0. The van der Waals surface area contributed by atoms with Crippen molar-refractivity contribution in [3.8, 4) is 0 Å². The van der Waals surface area contributed by atoms with Crippen LogP contribution < -0.4 is 0 Å². The number of aryl methyl sites for hydroxylation is 1. The van der Waals surface area contributed by atoms with E-state index in [1.165, 1.54) is 31.2 Å². The summed E-state index contributed by atoms with van der Waals surface area (Å²) in [7, 11) is -1.61. The zero-order chi connectivity index (χ0) is 23.9. The van der Waals surface area contributed by atoms with Crippen molar-refractivity contribution in [2.75, 3.05) is 0 Å². The molecule has 0 nitrogen and oxygen atoms in total. The number of benzene rings is 3.